The molecule has 0 bridgehead atoms. The van der Waals surface area contributed by atoms with Crippen LogP contribution in [0.3, 0.4) is 0 Å². The predicted molar refractivity (Wildman–Crippen MR) is 117 cm³/mol. The molecule has 9 heteroatoms. The van der Waals surface area contributed by atoms with Gasteiger partial charge in [0.2, 0.25) is 10.0 Å². The van der Waals surface area contributed by atoms with Crippen LogP contribution in [0.2, 0.25) is 0 Å². The number of hydrogen-bond donors (Lipinski definition) is 1. The van der Waals surface area contributed by atoms with Gasteiger partial charge in [-0.05, 0) is 49.7 Å². The largest absolute Gasteiger partial charge is 0.484 e. The molecule has 0 radical (unpaired) electrons. The lowest BCUT2D eigenvalue weighted by Gasteiger charge is -2.36. The number of carbonyl (C=O) groups excluding carboxylic acids is 1. The fourth-order valence-corrected chi connectivity index (χ4v) is 4.60. The van der Waals surface area contributed by atoms with Crippen molar-refractivity contribution in [1.82, 2.24) is 9.62 Å². The zero-order chi connectivity index (χ0) is 22.4. The molecule has 1 fully saturated rings. The van der Waals surface area contributed by atoms with Crippen molar-refractivity contribution in [2.75, 3.05) is 37.7 Å². The topological polar surface area (TPSA) is 78.9 Å². The monoisotopic (exact) mass is 449 g/mol. The third kappa shape index (κ3) is 5.95. The third-order valence-corrected chi connectivity index (χ3v) is 6.90. The van der Waals surface area contributed by atoms with E-state index in [9.17, 15) is 17.6 Å². The van der Waals surface area contributed by atoms with Crippen LogP contribution in [0.4, 0.5) is 10.1 Å². The highest BCUT2D eigenvalue weighted by molar-refractivity contribution is 7.89. The molecule has 31 heavy (non-hydrogen) atoms. The standard InChI is InChI=1S/C22H28FN3O4S/c1-3-17(2)24-31(28,29)19-10-8-18(9-11-19)30-16-22(27)26-14-12-25(13-15-26)21-7-5-4-6-20(21)23/h4-11,17,24H,3,12-16H2,1-2H3/t17-/m0/s1. The van der Waals surface area contributed by atoms with E-state index in [0.717, 1.165) is 0 Å². The Labute approximate surface area is 182 Å². The van der Waals surface area contributed by atoms with Crippen LogP contribution in [-0.2, 0) is 14.8 Å². The first kappa shape index (κ1) is 23.0. The number of benzene rings is 2. The van der Waals surface area contributed by atoms with Crippen molar-refractivity contribution in [2.45, 2.75) is 31.2 Å². The fourth-order valence-electron chi connectivity index (χ4n) is 3.27. The van der Waals surface area contributed by atoms with Crippen molar-refractivity contribution < 1.29 is 22.3 Å². The molecule has 1 saturated heterocycles. The number of rotatable bonds is 8. The van der Waals surface area contributed by atoms with Gasteiger partial charge in [-0.25, -0.2) is 17.5 Å². The van der Waals surface area contributed by atoms with Crippen LogP contribution in [0.25, 0.3) is 0 Å². The number of para-hydroxylation sites is 1. The summed E-state index contributed by atoms with van der Waals surface area (Å²) in [7, 11) is -3.58. The summed E-state index contributed by atoms with van der Waals surface area (Å²) in [5.41, 5.74) is 0.545. The third-order valence-electron chi connectivity index (χ3n) is 5.29. The lowest BCUT2D eigenvalue weighted by Crippen LogP contribution is -2.50. The Morgan fingerprint density at radius 3 is 2.35 bits per heavy atom. The molecule has 3 rings (SSSR count). The molecule has 0 aliphatic carbocycles. The number of anilines is 1. The van der Waals surface area contributed by atoms with Crippen LogP contribution in [0.5, 0.6) is 5.75 Å². The number of halogens is 1. The smallest absolute Gasteiger partial charge is 0.260 e. The quantitative estimate of drug-likeness (QED) is 0.670. The van der Waals surface area contributed by atoms with Gasteiger partial charge >= 0.3 is 0 Å². The van der Waals surface area contributed by atoms with E-state index in [1.54, 1.807) is 30.0 Å². The number of sulfonamides is 1. The maximum atomic E-state index is 13.9. The molecule has 1 amide bonds. The molecule has 1 aliphatic rings. The summed E-state index contributed by atoms with van der Waals surface area (Å²) in [6, 6.07) is 12.4. The van der Waals surface area contributed by atoms with Crippen LogP contribution < -0.4 is 14.4 Å². The Bertz CT molecular complexity index is 990. The minimum absolute atomic E-state index is 0.142. The van der Waals surface area contributed by atoms with E-state index in [4.69, 9.17) is 4.74 Å². The Morgan fingerprint density at radius 2 is 1.74 bits per heavy atom. The lowest BCUT2D eigenvalue weighted by molar-refractivity contribution is -0.133. The molecule has 1 aliphatic heterocycles. The average Bonchev–Trinajstić information content (AvgIpc) is 2.78. The first-order valence-corrected chi connectivity index (χ1v) is 11.8. The summed E-state index contributed by atoms with van der Waals surface area (Å²) in [6.45, 7) is 5.61. The first-order valence-electron chi connectivity index (χ1n) is 10.3. The number of amides is 1. The van der Waals surface area contributed by atoms with E-state index in [0.29, 0.717) is 44.0 Å². The number of hydrogen-bond acceptors (Lipinski definition) is 5. The molecule has 1 heterocycles. The van der Waals surface area contributed by atoms with Crippen molar-refractivity contribution >= 4 is 21.6 Å². The van der Waals surface area contributed by atoms with Crippen LogP contribution in [0, 0.1) is 5.82 Å². The predicted octanol–water partition coefficient (Wildman–Crippen LogP) is 2.63. The molecular weight excluding hydrogens is 421 g/mol. The van der Waals surface area contributed by atoms with Gasteiger partial charge < -0.3 is 14.5 Å². The van der Waals surface area contributed by atoms with Gasteiger partial charge in [0.05, 0.1) is 10.6 Å². The number of nitrogens with one attached hydrogen (secondary N) is 1. The second-order valence-corrected chi connectivity index (χ2v) is 9.22. The summed E-state index contributed by atoms with van der Waals surface area (Å²) >= 11 is 0. The van der Waals surface area contributed by atoms with Crippen LogP contribution in [0.15, 0.2) is 53.4 Å². The summed E-state index contributed by atoms with van der Waals surface area (Å²) in [6.07, 6.45) is 0.692. The van der Waals surface area contributed by atoms with Gasteiger partial charge in [0.15, 0.2) is 6.61 Å². The van der Waals surface area contributed by atoms with E-state index >= 15 is 0 Å². The van der Waals surface area contributed by atoms with Crippen LogP contribution >= 0.6 is 0 Å². The highest BCUT2D eigenvalue weighted by Gasteiger charge is 2.23. The SMILES string of the molecule is CC[C@H](C)NS(=O)(=O)c1ccc(OCC(=O)N2CCN(c3ccccc3F)CC2)cc1. The van der Waals surface area contributed by atoms with E-state index in [2.05, 4.69) is 4.72 Å². The summed E-state index contributed by atoms with van der Waals surface area (Å²) in [5, 5.41) is 0. The molecule has 1 N–H and O–H groups in total. The number of piperazine rings is 1. The van der Waals surface area contributed by atoms with Gasteiger partial charge in [-0.1, -0.05) is 19.1 Å². The summed E-state index contributed by atoms with van der Waals surface area (Å²) in [4.78, 5) is 16.2. The second-order valence-electron chi connectivity index (χ2n) is 7.51. The molecule has 168 valence electrons. The fraction of sp³-hybridized carbons (Fsp3) is 0.409. The first-order chi connectivity index (χ1) is 14.8. The molecule has 0 saturated carbocycles. The molecule has 2 aromatic carbocycles. The number of nitrogens with zero attached hydrogens (tertiary/aromatic N) is 2. The van der Waals surface area contributed by atoms with Crippen LogP contribution in [-0.4, -0.2) is 58.1 Å². The Morgan fingerprint density at radius 1 is 1.10 bits per heavy atom. The van der Waals surface area contributed by atoms with E-state index < -0.39 is 10.0 Å². The Kier molecular flexibility index (Phi) is 7.50. The molecular formula is C22H28FN3O4S. The zero-order valence-electron chi connectivity index (χ0n) is 17.8. The summed E-state index contributed by atoms with van der Waals surface area (Å²) in [5.74, 6) is -0.0143. The number of carbonyl (C=O) groups is 1. The maximum Gasteiger partial charge on any atom is 0.260 e. The van der Waals surface area contributed by atoms with Crippen LogP contribution in [0.1, 0.15) is 20.3 Å². The minimum atomic E-state index is -3.58. The molecule has 7 nitrogen and oxygen atoms in total. The van der Waals surface area contributed by atoms with E-state index in [-0.39, 0.29) is 29.3 Å². The molecule has 0 aromatic heterocycles. The van der Waals surface area contributed by atoms with Crippen molar-refractivity contribution in [3.63, 3.8) is 0 Å². The van der Waals surface area contributed by atoms with E-state index in [1.165, 1.54) is 30.3 Å². The van der Waals surface area contributed by atoms with Gasteiger partial charge in [0, 0.05) is 32.2 Å². The van der Waals surface area contributed by atoms with Crippen molar-refractivity contribution in [2.24, 2.45) is 0 Å². The molecule has 1 atom stereocenters. The Balaban J connectivity index is 1.49. The summed E-state index contributed by atoms with van der Waals surface area (Å²) < 4.78 is 46.7. The minimum Gasteiger partial charge on any atom is -0.484 e. The highest BCUT2D eigenvalue weighted by atomic mass is 32.2. The van der Waals surface area contributed by atoms with Gasteiger partial charge in [-0.15, -0.1) is 0 Å². The second kappa shape index (κ2) is 10.1. The van der Waals surface area contributed by atoms with Gasteiger partial charge in [0.1, 0.15) is 11.6 Å². The normalized spacial score (nSPS) is 15.6. The molecule has 0 unspecified atom stereocenters. The van der Waals surface area contributed by atoms with Gasteiger partial charge in [-0.2, -0.15) is 0 Å². The van der Waals surface area contributed by atoms with Gasteiger partial charge in [-0.3, -0.25) is 4.79 Å². The lowest BCUT2D eigenvalue weighted by atomic mass is 10.2. The highest BCUT2D eigenvalue weighted by Crippen LogP contribution is 2.20. The average molecular weight is 450 g/mol. The van der Waals surface area contributed by atoms with Crippen molar-refractivity contribution in [3.8, 4) is 5.75 Å². The van der Waals surface area contributed by atoms with Gasteiger partial charge in [0.25, 0.3) is 5.91 Å². The molecule has 2 aromatic rings. The maximum absolute atomic E-state index is 13.9. The van der Waals surface area contributed by atoms with Crippen molar-refractivity contribution in [1.29, 1.82) is 0 Å². The van der Waals surface area contributed by atoms with E-state index in [1.807, 2.05) is 11.8 Å². The zero-order valence-corrected chi connectivity index (χ0v) is 18.6. The Hall–Kier alpha value is -2.65. The van der Waals surface area contributed by atoms with Crippen molar-refractivity contribution in [3.05, 3.63) is 54.3 Å². The number of ether oxygens (including phenoxy) is 1. The molecule has 0 spiro atoms.